The first-order valence-corrected chi connectivity index (χ1v) is 4.65. The van der Waals surface area contributed by atoms with E-state index >= 15 is 0 Å². The van der Waals surface area contributed by atoms with Gasteiger partial charge in [0.1, 0.15) is 0 Å². The third-order valence-corrected chi connectivity index (χ3v) is 3.27. The van der Waals surface area contributed by atoms with E-state index < -0.39 is 0 Å². The first-order valence-electron chi connectivity index (χ1n) is 4.65. The van der Waals surface area contributed by atoms with Gasteiger partial charge in [0.25, 0.3) is 0 Å². The molecule has 1 aliphatic carbocycles. The predicted molar refractivity (Wildman–Crippen MR) is 55.1 cm³/mol. The highest BCUT2D eigenvalue weighted by Gasteiger charge is 2.36. The summed E-state index contributed by atoms with van der Waals surface area (Å²) in [6, 6.07) is 0. The largest absolute Gasteiger partial charge is 0.0711 e. The maximum atomic E-state index is 2.39. The molecule has 0 heteroatoms. The van der Waals surface area contributed by atoms with Gasteiger partial charge >= 0.3 is 0 Å². The maximum Gasteiger partial charge on any atom is 0.00926 e. The first-order chi connectivity index (χ1) is 5.26. The van der Waals surface area contributed by atoms with Crippen LogP contribution in [-0.2, 0) is 0 Å². The van der Waals surface area contributed by atoms with Crippen LogP contribution in [0.25, 0.3) is 0 Å². The van der Waals surface area contributed by atoms with Crippen molar-refractivity contribution < 1.29 is 0 Å². The summed E-state index contributed by atoms with van der Waals surface area (Å²) in [5.41, 5.74) is 3.45. The summed E-state index contributed by atoms with van der Waals surface area (Å²) in [5.74, 6) is 0. The average molecular weight is 164 g/mol. The molecule has 1 aliphatic rings. The molecular formula is C12H20. The lowest BCUT2D eigenvalue weighted by Crippen LogP contribution is -2.27. The summed E-state index contributed by atoms with van der Waals surface area (Å²) in [7, 11) is 0. The lowest BCUT2D eigenvalue weighted by atomic mass is 9.69. The zero-order valence-electron chi connectivity index (χ0n) is 9.15. The summed E-state index contributed by atoms with van der Waals surface area (Å²) < 4.78 is 0. The maximum absolute atomic E-state index is 2.39. The van der Waals surface area contributed by atoms with Crippen molar-refractivity contribution in [1.29, 1.82) is 0 Å². The average Bonchev–Trinajstić information content (AvgIpc) is 2.06. The quantitative estimate of drug-likeness (QED) is 0.508. The topological polar surface area (TPSA) is 0 Å². The van der Waals surface area contributed by atoms with Gasteiger partial charge in [-0.25, -0.2) is 0 Å². The van der Waals surface area contributed by atoms with E-state index in [9.17, 15) is 0 Å². The normalized spacial score (nSPS) is 22.2. The molecule has 0 fully saturated rings. The van der Waals surface area contributed by atoms with Crippen molar-refractivity contribution in [3.8, 4) is 0 Å². The third-order valence-electron chi connectivity index (χ3n) is 3.27. The molecule has 0 saturated carbocycles. The summed E-state index contributed by atoms with van der Waals surface area (Å²) in [6.07, 6.45) is 4.78. The fraction of sp³-hybridized carbons (Fsp3) is 0.667. The molecule has 0 bridgehead atoms. The van der Waals surface area contributed by atoms with Gasteiger partial charge in [0.15, 0.2) is 0 Å². The monoisotopic (exact) mass is 164 g/mol. The molecule has 0 aromatic rings. The van der Waals surface area contributed by atoms with Crippen LogP contribution in [0.3, 0.4) is 0 Å². The molecule has 0 nitrogen and oxygen atoms in total. The van der Waals surface area contributed by atoms with Gasteiger partial charge in [-0.1, -0.05) is 51.0 Å². The summed E-state index contributed by atoms with van der Waals surface area (Å²) >= 11 is 0. The van der Waals surface area contributed by atoms with E-state index in [0.717, 1.165) is 0 Å². The van der Waals surface area contributed by atoms with Crippen molar-refractivity contribution in [2.24, 2.45) is 10.8 Å². The fourth-order valence-corrected chi connectivity index (χ4v) is 1.60. The second-order valence-corrected chi connectivity index (χ2v) is 5.19. The zero-order chi connectivity index (χ0) is 9.57. The minimum Gasteiger partial charge on any atom is -0.0711 e. The van der Waals surface area contributed by atoms with Gasteiger partial charge in [-0.2, -0.15) is 0 Å². The highest BCUT2D eigenvalue weighted by Crippen LogP contribution is 2.46. The van der Waals surface area contributed by atoms with Gasteiger partial charge in [0.05, 0.1) is 0 Å². The van der Waals surface area contributed by atoms with Crippen LogP contribution in [0.15, 0.2) is 23.3 Å². The SMILES string of the molecule is CC1=CC(C)(C(C)(C)C)C=C1C. The molecule has 0 amide bonds. The smallest absolute Gasteiger partial charge is 0.00926 e. The molecular weight excluding hydrogens is 144 g/mol. The van der Waals surface area contributed by atoms with Gasteiger partial charge in [-0.3, -0.25) is 0 Å². The van der Waals surface area contributed by atoms with E-state index in [-0.39, 0.29) is 5.41 Å². The van der Waals surface area contributed by atoms with E-state index in [1.165, 1.54) is 11.1 Å². The fourth-order valence-electron chi connectivity index (χ4n) is 1.60. The van der Waals surface area contributed by atoms with Crippen molar-refractivity contribution >= 4 is 0 Å². The molecule has 68 valence electrons. The van der Waals surface area contributed by atoms with Crippen LogP contribution in [0.2, 0.25) is 0 Å². The molecule has 0 aromatic carbocycles. The van der Waals surface area contributed by atoms with Crippen molar-refractivity contribution in [2.45, 2.75) is 41.5 Å². The van der Waals surface area contributed by atoms with E-state index in [4.69, 9.17) is 0 Å². The van der Waals surface area contributed by atoms with Crippen LogP contribution in [-0.4, -0.2) is 0 Å². The van der Waals surface area contributed by atoms with E-state index in [1.54, 1.807) is 0 Å². The Balaban J connectivity index is 3.08. The molecule has 12 heavy (non-hydrogen) atoms. The second-order valence-electron chi connectivity index (χ2n) is 5.19. The molecule has 0 aromatic heterocycles. The molecule has 0 radical (unpaired) electrons. The van der Waals surface area contributed by atoms with E-state index in [0.29, 0.717) is 5.41 Å². The molecule has 0 atom stereocenters. The molecule has 0 spiro atoms. The van der Waals surface area contributed by atoms with Crippen molar-refractivity contribution in [2.75, 3.05) is 0 Å². The Morgan fingerprint density at radius 1 is 1.00 bits per heavy atom. The van der Waals surface area contributed by atoms with Gasteiger partial charge in [-0.05, 0) is 19.3 Å². The lowest BCUT2D eigenvalue weighted by molar-refractivity contribution is 0.230. The Morgan fingerprint density at radius 2 is 1.33 bits per heavy atom. The van der Waals surface area contributed by atoms with Crippen LogP contribution < -0.4 is 0 Å². The zero-order valence-corrected chi connectivity index (χ0v) is 9.15. The van der Waals surface area contributed by atoms with Gasteiger partial charge in [-0.15, -0.1) is 0 Å². The summed E-state index contributed by atoms with van der Waals surface area (Å²) in [6.45, 7) is 13.6. The Labute approximate surface area is 76.4 Å². The van der Waals surface area contributed by atoms with Crippen LogP contribution in [0.1, 0.15) is 41.5 Å². The van der Waals surface area contributed by atoms with E-state index in [2.05, 4.69) is 53.7 Å². The molecule has 0 aliphatic heterocycles. The molecule has 0 heterocycles. The second kappa shape index (κ2) is 2.48. The minimum absolute atomic E-state index is 0.251. The Kier molecular flexibility index (Phi) is 1.98. The number of hydrogen-bond donors (Lipinski definition) is 0. The molecule has 0 unspecified atom stereocenters. The Morgan fingerprint density at radius 3 is 1.50 bits per heavy atom. The van der Waals surface area contributed by atoms with Crippen LogP contribution >= 0.6 is 0 Å². The van der Waals surface area contributed by atoms with Crippen LogP contribution in [0.5, 0.6) is 0 Å². The van der Waals surface area contributed by atoms with Crippen molar-refractivity contribution in [1.82, 2.24) is 0 Å². The highest BCUT2D eigenvalue weighted by atomic mass is 14.4. The predicted octanol–water partition coefficient (Wildman–Crippen LogP) is 3.95. The van der Waals surface area contributed by atoms with Crippen LogP contribution in [0.4, 0.5) is 0 Å². The van der Waals surface area contributed by atoms with Gasteiger partial charge in [0, 0.05) is 5.41 Å². The third kappa shape index (κ3) is 1.35. The van der Waals surface area contributed by atoms with Gasteiger partial charge in [0.2, 0.25) is 0 Å². The Bertz CT molecular complexity index is 228. The standard InChI is InChI=1S/C12H20/c1-9-7-12(6,8-10(9)2)11(3,4)5/h7-8H,1-6H3. The summed E-state index contributed by atoms with van der Waals surface area (Å²) in [4.78, 5) is 0. The summed E-state index contributed by atoms with van der Waals surface area (Å²) in [5, 5.41) is 0. The van der Waals surface area contributed by atoms with Crippen molar-refractivity contribution in [3.63, 3.8) is 0 Å². The van der Waals surface area contributed by atoms with Crippen LogP contribution in [0, 0.1) is 10.8 Å². The first kappa shape index (κ1) is 9.57. The Hall–Kier alpha value is -0.520. The minimum atomic E-state index is 0.251. The highest BCUT2D eigenvalue weighted by molar-refractivity contribution is 5.40. The number of allylic oxidation sites excluding steroid dienone is 4. The molecule has 0 saturated heterocycles. The van der Waals surface area contributed by atoms with Crippen molar-refractivity contribution in [3.05, 3.63) is 23.3 Å². The van der Waals surface area contributed by atoms with Gasteiger partial charge < -0.3 is 0 Å². The molecule has 1 rings (SSSR count). The number of rotatable bonds is 0. The molecule has 0 N–H and O–H groups in total. The number of hydrogen-bond acceptors (Lipinski definition) is 0. The van der Waals surface area contributed by atoms with E-state index in [1.807, 2.05) is 0 Å². The lowest BCUT2D eigenvalue weighted by Gasteiger charge is -2.35.